The molecule has 5 nitrogen and oxygen atoms in total. The lowest BCUT2D eigenvalue weighted by Crippen LogP contribution is -2.46. The van der Waals surface area contributed by atoms with Gasteiger partial charge in [-0.1, -0.05) is 0 Å². The highest BCUT2D eigenvalue weighted by Crippen LogP contribution is 2.31. The first-order valence-corrected chi connectivity index (χ1v) is 5.46. The van der Waals surface area contributed by atoms with Gasteiger partial charge in [0.1, 0.15) is 0 Å². The summed E-state index contributed by atoms with van der Waals surface area (Å²) in [5.74, 6) is -0.0760. The van der Waals surface area contributed by atoms with Crippen molar-refractivity contribution < 1.29 is 4.79 Å². The fourth-order valence-electron chi connectivity index (χ4n) is 1.91. The maximum Gasteiger partial charge on any atom is 0.243 e. The van der Waals surface area contributed by atoms with Crippen LogP contribution in [0.2, 0.25) is 0 Å². The second-order valence-electron chi connectivity index (χ2n) is 4.10. The van der Waals surface area contributed by atoms with Crippen molar-refractivity contribution in [2.75, 3.05) is 23.3 Å². The zero-order chi connectivity index (χ0) is 12.4. The standard InChI is InChI=1S/C12H14N4O/c1-8(5-13)16-7-12(17)15-10-4-9(6-14)2-3-11(10)16/h2-4,8H,5,7,13H2,1H3,(H,15,17). The first-order chi connectivity index (χ1) is 8.15. The van der Waals surface area contributed by atoms with Gasteiger partial charge in [-0.15, -0.1) is 0 Å². The van der Waals surface area contributed by atoms with Crippen LogP contribution < -0.4 is 16.0 Å². The predicted molar refractivity (Wildman–Crippen MR) is 65.6 cm³/mol. The van der Waals surface area contributed by atoms with E-state index in [1.54, 1.807) is 12.1 Å². The van der Waals surface area contributed by atoms with Gasteiger partial charge < -0.3 is 16.0 Å². The van der Waals surface area contributed by atoms with Crippen molar-refractivity contribution in [3.8, 4) is 6.07 Å². The Morgan fingerprint density at radius 2 is 2.41 bits per heavy atom. The van der Waals surface area contributed by atoms with Crippen LogP contribution in [0, 0.1) is 11.3 Å². The summed E-state index contributed by atoms with van der Waals surface area (Å²) in [7, 11) is 0. The number of rotatable bonds is 2. The van der Waals surface area contributed by atoms with Crippen LogP contribution in [0.25, 0.3) is 0 Å². The molecule has 1 aromatic carbocycles. The van der Waals surface area contributed by atoms with Crippen LogP contribution in [-0.2, 0) is 4.79 Å². The smallest absolute Gasteiger partial charge is 0.243 e. The van der Waals surface area contributed by atoms with Crippen molar-refractivity contribution in [1.82, 2.24) is 0 Å². The van der Waals surface area contributed by atoms with Crippen LogP contribution in [0.3, 0.4) is 0 Å². The van der Waals surface area contributed by atoms with Crippen LogP contribution in [0.15, 0.2) is 18.2 Å². The van der Waals surface area contributed by atoms with Crippen molar-refractivity contribution >= 4 is 17.3 Å². The van der Waals surface area contributed by atoms with E-state index in [0.717, 1.165) is 5.69 Å². The van der Waals surface area contributed by atoms with Gasteiger partial charge in [-0.05, 0) is 25.1 Å². The fraction of sp³-hybridized carbons (Fsp3) is 0.333. The summed E-state index contributed by atoms with van der Waals surface area (Å²) in [6, 6.07) is 7.42. The molecule has 1 atom stereocenters. The van der Waals surface area contributed by atoms with Gasteiger partial charge in [0, 0.05) is 12.6 Å². The Labute approximate surface area is 99.8 Å². The minimum atomic E-state index is -0.0760. The van der Waals surface area contributed by atoms with Gasteiger partial charge >= 0.3 is 0 Å². The number of nitrogens with zero attached hydrogens (tertiary/aromatic N) is 2. The van der Waals surface area contributed by atoms with Gasteiger partial charge in [-0.2, -0.15) is 5.26 Å². The predicted octanol–water partition coefficient (Wildman–Crippen LogP) is 0.664. The first-order valence-electron chi connectivity index (χ1n) is 5.46. The normalized spacial score (nSPS) is 15.8. The minimum absolute atomic E-state index is 0.0760. The van der Waals surface area contributed by atoms with Crippen molar-refractivity contribution in [3.05, 3.63) is 23.8 Å². The second-order valence-corrected chi connectivity index (χ2v) is 4.10. The van der Waals surface area contributed by atoms with E-state index in [4.69, 9.17) is 11.0 Å². The Balaban J connectivity index is 2.44. The van der Waals surface area contributed by atoms with Crippen molar-refractivity contribution in [1.29, 1.82) is 5.26 Å². The Bertz CT molecular complexity index is 492. The van der Waals surface area contributed by atoms with Crippen molar-refractivity contribution in [2.45, 2.75) is 13.0 Å². The van der Waals surface area contributed by atoms with Crippen LogP contribution >= 0.6 is 0 Å². The molecule has 1 heterocycles. The van der Waals surface area contributed by atoms with E-state index < -0.39 is 0 Å². The lowest BCUT2D eigenvalue weighted by atomic mass is 10.1. The zero-order valence-corrected chi connectivity index (χ0v) is 9.60. The van der Waals surface area contributed by atoms with Crippen LogP contribution in [0.5, 0.6) is 0 Å². The molecule has 17 heavy (non-hydrogen) atoms. The average molecular weight is 230 g/mol. The largest absolute Gasteiger partial charge is 0.357 e. The number of carbonyl (C=O) groups is 1. The molecule has 0 radical (unpaired) electrons. The molecule has 5 heteroatoms. The maximum absolute atomic E-state index is 11.6. The van der Waals surface area contributed by atoms with Gasteiger partial charge in [-0.25, -0.2) is 0 Å². The zero-order valence-electron chi connectivity index (χ0n) is 9.60. The summed E-state index contributed by atoms with van der Waals surface area (Å²) in [6.45, 7) is 2.75. The molecule has 1 unspecified atom stereocenters. The molecule has 0 spiro atoms. The van der Waals surface area contributed by atoms with Gasteiger partial charge in [0.25, 0.3) is 0 Å². The number of nitrogens with two attached hydrogens (primary N) is 1. The second kappa shape index (κ2) is 4.44. The molecular weight excluding hydrogens is 216 g/mol. The van der Waals surface area contributed by atoms with Crippen molar-refractivity contribution in [2.24, 2.45) is 5.73 Å². The SMILES string of the molecule is CC(CN)N1CC(=O)Nc2cc(C#N)ccc21. The number of nitrogens with one attached hydrogen (secondary N) is 1. The van der Waals surface area contributed by atoms with E-state index in [-0.39, 0.29) is 11.9 Å². The van der Waals surface area contributed by atoms with Gasteiger partial charge in [0.15, 0.2) is 0 Å². The molecular formula is C12H14N4O. The molecule has 0 saturated carbocycles. The number of amides is 1. The van der Waals surface area contributed by atoms with Gasteiger partial charge in [-0.3, -0.25) is 4.79 Å². The number of hydrogen-bond acceptors (Lipinski definition) is 4. The number of benzene rings is 1. The summed E-state index contributed by atoms with van der Waals surface area (Å²) in [5, 5.41) is 11.6. The third-order valence-electron chi connectivity index (χ3n) is 2.90. The molecule has 0 bridgehead atoms. The summed E-state index contributed by atoms with van der Waals surface area (Å²) < 4.78 is 0. The quantitative estimate of drug-likeness (QED) is 0.782. The molecule has 0 aromatic heterocycles. The number of anilines is 2. The molecule has 0 aliphatic carbocycles. The van der Waals surface area contributed by atoms with Crippen LogP contribution in [-0.4, -0.2) is 25.0 Å². The Hall–Kier alpha value is -2.06. The Morgan fingerprint density at radius 1 is 1.65 bits per heavy atom. The van der Waals surface area contributed by atoms with E-state index in [1.807, 2.05) is 17.9 Å². The minimum Gasteiger partial charge on any atom is -0.357 e. The third kappa shape index (κ3) is 2.08. The number of fused-ring (bicyclic) bond motifs is 1. The highest BCUT2D eigenvalue weighted by molar-refractivity contribution is 6.01. The van der Waals surface area contributed by atoms with Crippen molar-refractivity contribution in [3.63, 3.8) is 0 Å². The van der Waals surface area contributed by atoms with E-state index in [1.165, 1.54) is 0 Å². The van der Waals surface area contributed by atoms with Crippen LogP contribution in [0.1, 0.15) is 12.5 Å². The number of carbonyl (C=O) groups excluding carboxylic acids is 1. The lowest BCUT2D eigenvalue weighted by Gasteiger charge is -2.35. The van der Waals surface area contributed by atoms with E-state index >= 15 is 0 Å². The number of hydrogen-bond donors (Lipinski definition) is 2. The third-order valence-corrected chi connectivity index (χ3v) is 2.90. The summed E-state index contributed by atoms with van der Waals surface area (Å²) in [4.78, 5) is 13.5. The lowest BCUT2D eigenvalue weighted by molar-refractivity contribution is -0.115. The molecule has 2 rings (SSSR count). The van der Waals surface area contributed by atoms with E-state index in [0.29, 0.717) is 24.3 Å². The molecule has 1 aliphatic heterocycles. The molecule has 3 N–H and O–H groups in total. The molecule has 88 valence electrons. The highest BCUT2D eigenvalue weighted by Gasteiger charge is 2.25. The Morgan fingerprint density at radius 3 is 3.06 bits per heavy atom. The van der Waals surface area contributed by atoms with E-state index in [9.17, 15) is 4.79 Å². The Kier molecular flexibility index (Phi) is 2.98. The van der Waals surface area contributed by atoms with Crippen LogP contribution in [0.4, 0.5) is 11.4 Å². The molecule has 0 saturated heterocycles. The average Bonchev–Trinajstić information content (AvgIpc) is 2.35. The summed E-state index contributed by atoms with van der Waals surface area (Å²) in [5.41, 5.74) is 7.77. The molecule has 1 aromatic rings. The molecule has 1 amide bonds. The summed E-state index contributed by atoms with van der Waals surface area (Å²) in [6.07, 6.45) is 0. The fourth-order valence-corrected chi connectivity index (χ4v) is 1.91. The molecule has 0 fully saturated rings. The monoisotopic (exact) mass is 230 g/mol. The first kappa shape index (κ1) is 11.4. The maximum atomic E-state index is 11.6. The van der Waals surface area contributed by atoms with Gasteiger partial charge in [0.2, 0.25) is 5.91 Å². The summed E-state index contributed by atoms with van der Waals surface area (Å²) >= 11 is 0. The van der Waals surface area contributed by atoms with Gasteiger partial charge in [0.05, 0.1) is 29.6 Å². The highest BCUT2D eigenvalue weighted by atomic mass is 16.2. The molecule has 1 aliphatic rings. The topological polar surface area (TPSA) is 82.2 Å². The van der Waals surface area contributed by atoms with E-state index in [2.05, 4.69) is 11.4 Å². The number of nitriles is 1.